The Labute approximate surface area is 131 Å². The maximum Gasteiger partial charge on any atom is 0.350 e. The second-order valence-electron chi connectivity index (χ2n) is 5.09. The van der Waals surface area contributed by atoms with Gasteiger partial charge in [-0.05, 0) is 38.1 Å². The highest BCUT2D eigenvalue weighted by atomic mass is 32.1. The van der Waals surface area contributed by atoms with Crippen LogP contribution in [0.2, 0.25) is 0 Å². The molecule has 22 heavy (non-hydrogen) atoms. The zero-order chi connectivity index (χ0) is 15.7. The Kier molecular flexibility index (Phi) is 3.77. The molecule has 0 amide bonds. The second kappa shape index (κ2) is 5.73. The van der Waals surface area contributed by atoms with Crippen molar-refractivity contribution in [3.05, 3.63) is 41.5 Å². The van der Waals surface area contributed by atoms with E-state index in [9.17, 15) is 4.79 Å². The van der Waals surface area contributed by atoms with Gasteiger partial charge in [-0.1, -0.05) is 0 Å². The van der Waals surface area contributed by atoms with Gasteiger partial charge in [-0.3, -0.25) is 4.98 Å². The van der Waals surface area contributed by atoms with Crippen LogP contribution in [-0.4, -0.2) is 22.0 Å². The number of fused-ring (bicyclic) bond motifs is 1. The smallest absolute Gasteiger partial charge is 0.350 e. The highest BCUT2D eigenvalue weighted by Gasteiger charge is 2.19. The van der Waals surface area contributed by atoms with Gasteiger partial charge in [0.15, 0.2) is 0 Å². The van der Waals surface area contributed by atoms with E-state index in [-0.39, 0.29) is 6.10 Å². The van der Waals surface area contributed by atoms with Crippen molar-refractivity contribution < 1.29 is 9.53 Å². The fourth-order valence-electron chi connectivity index (χ4n) is 2.09. The highest BCUT2D eigenvalue weighted by molar-refractivity contribution is 7.21. The number of rotatable bonds is 3. The maximum atomic E-state index is 12.1. The lowest BCUT2D eigenvalue weighted by atomic mass is 10.1. The standard InChI is InChI=1S/C16H15N3O2S/c1-9(2)21-16(20)14-13(17)11-5-6-12(19-15(11)22-14)10-4-3-7-18-8-10/h3-9H,17H2,1-2H3. The van der Waals surface area contributed by atoms with Crippen molar-refractivity contribution in [1.29, 1.82) is 0 Å². The Balaban J connectivity index is 2.05. The highest BCUT2D eigenvalue weighted by Crippen LogP contribution is 2.34. The minimum Gasteiger partial charge on any atom is -0.459 e. The van der Waals surface area contributed by atoms with Crippen molar-refractivity contribution in [3.8, 4) is 11.3 Å². The first-order valence-corrected chi connectivity index (χ1v) is 7.68. The summed E-state index contributed by atoms with van der Waals surface area (Å²) >= 11 is 1.25. The van der Waals surface area contributed by atoms with Crippen LogP contribution in [0.3, 0.4) is 0 Å². The number of nitrogens with zero attached hydrogens (tertiary/aromatic N) is 2. The average molecular weight is 313 g/mol. The molecule has 0 radical (unpaired) electrons. The van der Waals surface area contributed by atoms with Gasteiger partial charge in [-0.15, -0.1) is 11.3 Å². The zero-order valence-electron chi connectivity index (χ0n) is 12.2. The molecule has 3 rings (SSSR count). The molecule has 0 bridgehead atoms. The number of anilines is 1. The van der Waals surface area contributed by atoms with Crippen LogP contribution >= 0.6 is 11.3 Å². The molecule has 112 valence electrons. The monoisotopic (exact) mass is 313 g/mol. The van der Waals surface area contributed by atoms with E-state index in [4.69, 9.17) is 10.5 Å². The normalized spacial score (nSPS) is 11.0. The van der Waals surface area contributed by atoms with Crippen molar-refractivity contribution in [2.45, 2.75) is 20.0 Å². The van der Waals surface area contributed by atoms with Crippen LogP contribution in [-0.2, 0) is 4.74 Å². The summed E-state index contributed by atoms with van der Waals surface area (Å²) in [5, 5.41) is 0.772. The summed E-state index contributed by atoms with van der Waals surface area (Å²) in [5.41, 5.74) is 8.20. The van der Waals surface area contributed by atoms with Crippen molar-refractivity contribution >= 4 is 33.2 Å². The molecule has 5 nitrogen and oxygen atoms in total. The zero-order valence-corrected chi connectivity index (χ0v) is 13.1. The van der Waals surface area contributed by atoms with E-state index in [2.05, 4.69) is 9.97 Å². The van der Waals surface area contributed by atoms with E-state index >= 15 is 0 Å². The third-order valence-electron chi connectivity index (χ3n) is 3.08. The Hall–Kier alpha value is -2.47. The van der Waals surface area contributed by atoms with Crippen LogP contribution in [0, 0.1) is 0 Å². The maximum absolute atomic E-state index is 12.1. The molecule has 0 spiro atoms. The largest absolute Gasteiger partial charge is 0.459 e. The fourth-order valence-corrected chi connectivity index (χ4v) is 3.07. The van der Waals surface area contributed by atoms with E-state index in [1.165, 1.54) is 11.3 Å². The molecule has 0 aliphatic heterocycles. The molecule has 3 aromatic heterocycles. The number of esters is 1. The number of hydrogen-bond donors (Lipinski definition) is 1. The molecule has 3 aromatic rings. The Bertz CT molecular complexity index is 828. The van der Waals surface area contributed by atoms with Gasteiger partial charge in [-0.2, -0.15) is 0 Å². The summed E-state index contributed by atoms with van der Waals surface area (Å²) in [6, 6.07) is 7.55. The number of aromatic nitrogens is 2. The molecule has 2 N–H and O–H groups in total. The summed E-state index contributed by atoms with van der Waals surface area (Å²) in [5.74, 6) is -0.404. The van der Waals surface area contributed by atoms with Crippen LogP contribution in [0.1, 0.15) is 23.5 Å². The molecular weight excluding hydrogens is 298 g/mol. The van der Waals surface area contributed by atoms with Gasteiger partial charge < -0.3 is 10.5 Å². The summed E-state index contributed by atoms with van der Waals surface area (Å²) in [6.07, 6.45) is 3.28. The van der Waals surface area contributed by atoms with E-state index in [1.807, 2.05) is 24.3 Å². The molecule has 0 atom stereocenters. The number of carbonyl (C=O) groups excluding carboxylic acids is 1. The lowest BCUT2D eigenvalue weighted by Gasteiger charge is -2.06. The molecular formula is C16H15N3O2S. The molecule has 0 saturated heterocycles. The minimum absolute atomic E-state index is 0.184. The van der Waals surface area contributed by atoms with Crippen LogP contribution in [0.4, 0.5) is 5.69 Å². The van der Waals surface area contributed by atoms with Crippen LogP contribution in [0.5, 0.6) is 0 Å². The SMILES string of the molecule is CC(C)OC(=O)c1sc2nc(-c3cccnc3)ccc2c1N. The number of nitrogens with two attached hydrogens (primary N) is 1. The second-order valence-corrected chi connectivity index (χ2v) is 6.09. The number of hydrogen-bond acceptors (Lipinski definition) is 6. The molecule has 0 unspecified atom stereocenters. The van der Waals surface area contributed by atoms with Crippen molar-refractivity contribution in [3.63, 3.8) is 0 Å². The predicted molar refractivity (Wildman–Crippen MR) is 87.8 cm³/mol. The number of nitrogen functional groups attached to an aromatic ring is 1. The Morgan fingerprint density at radius 3 is 2.82 bits per heavy atom. The minimum atomic E-state index is -0.404. The molecule has 0 aromatic carbocycles. The molecule has 0 fully saturated rings. The van der Waals surface area contributed by atoms with Gasteiger partial charge in [0.05, 0.1) is 17.5 Å². The number of ether oxygens (including phenoxy) is 1. The van der Waals surface area contributed by atoms with Gasteiger partial charge in [0.2, 0.25) is 0 Å². The quantitative estimate of drug-likeness (QED) is 0.749. The fraction of sp³-hybridized carbons (Fsp3) is 0.188. The first-order chi connectivity index (χ1) is 10.6. The van der Waals surface area contributed by atoms with Gasteiger partial charge in [0.25, 0.3) is 0 Å². The summed E-state index contributed by atoms with van der Waals surface area (Å²) in [7, 11) is 0. The van der Waals surface area contributed by atoms with E-state index < -0.39 is 5.97 Å². The lowest BCUT2D eigenvalue weighted by Crippen LogP contribution is -2.11. The first kappa shape index (κ1) is 14.5. The van der Waals surface area contributed by atoms with Gasteiger partial charge >= 0.3 is 5.97 Å². The van der Waals surface area contributed by atoms with E-state index in [0.29, 0.717) is 10.6 Å². The molecule has 6 heteroatoms. The molecule has 0 aliphatic rings. The summed E-state index contributed by atoms with van der Waals surface area (Å²) < 4.78 is 5.22. The third kappa shape index (κ3) is 2.65. The lowest BCUT2D eigenvalue weighted by molar-refractivity contribution is 0.0385. The molecule has 0 saturated carbocycles. The van der Waals surface area contributed by atoms with E-state index in [0.717, 1.165) is 21.5 Å². The topological polar surface area (TPSA) is 78.1 Å². The van der Waals surface area contributed by atoms with Crippen molar-refractivity contribution in [2.24, 2.45) is 0 Å². The van der Waals surface area contributed by atoms with E-state index in [1.54, 1.807) is 26.2 Å². The van der Waals surface area contributed by atoms with Crippen LogP contribution in [0.15, 0.2) is 36.7 Å². The van der Waals surface area contributed by atoms with Crippen molar-refractivity contribution in [1.82, 2.24) is 9.97 Å². The number of carbonyl (C=O) groups is 1. The number of pyridine rings is 2. The van der Waals surface area contributed by atoms with Gasteiger partial charge in [0.1, 0.15) is 9.71 Å². The Morgan fingerprint density at radius 2 is 2.14 bits per heavy atom. The first-order valence-electron chi connectivity index (χ1n) is 6.86. The predicted octanol–water partition coefficient (Wildman–Crippen LogP) is 3.51. The number of thiophene rings is 1. The molecule has 3 heterocycles. The van der Waals surface area contributed by atoms with Crippen molar-refractivity contribution in [2.75, 3.05) is 5.73 Å². The van der Waals surface area contributed by atoms with Gasteiger partial charge in [0, 0.05) is 23.3 Å². The Morgan fingerprint density at radius 1 is 1.32 bits per heavy atom. The van der Waals surface area contributed by atoms with Crippen LogP contribution < -0.4 is 5.73 Å². The summed E-state index contributed by atoms with van der Waals surface area (Å²) in [4.78, 5) is 21.9. The summed E-state index contributed by atoms with van der Waals surface area (Å²) in [6.45, 7) is 3.61. The molecule has 0 aliphatic carbocycles. The van der Waals surface area contributed by atoms with Gasteiger partial charge in [-0.25, -0.2) is 9.78 Å². The van der Waals surface area contributed by atoms with Crippen LogP contribution in [0.25, 0.3) is 21.5 Å². The average Bonchev–Trinajstić information content (AvgIpc) is 2.84. The third-order valence-corrected chi connectivity index (χ3v) is 4.17.